The molecule has 1 aromatic heterocycles. The summed E-state index contributed by atoms with van der Waals surface area (Å²) in [4.78, 5) is 64.4. The zero-order valence-electron chi connectivity index (χ0n) is 42.0. The molecule has 3 fully saturated rings. The number of likely N-dealkylation sites (tertiary alicyclic amines) is 1. The molecule has 3 aromatic rings. The second kappa shape index (κ2) is 25.2. The number of amides is 1. The summed E-state index contributed by atoms with van der Waals surface area (Å²) in [6.45, 7) is 12.2. The monoisotopic (exact) mass is 957 g/mol. The van der Waals surface area contributed by atoms with Crippen LogP contribution in [-0.2, 0) is 58.8 Å². The molecule has 0 bridgehead atoms. The van der Waals surface area contributed by atoms with Gasteiger partial charge in [-0.3, -0.25) is 24.0 Å². The van der Waals surface area contributed by atoms with E-state index in [1.54, 1.807) is 0 Å². The minimum atomic E-state index is -1.28. The molecule has 1 N–H and O–H groups in total. The fourth-order valence-electron chi connectivity index (χ4n) is 10.9. The van der Waals surface area contributed by atoms with Gasteiger partial charge in [0, 0.05) is 58.8 Å². The van der Waals surface area contributed by atoms with Crippen molar-refractivity contribution in [2.24, 2.45) is 11.3 Å². The van der Waals surface area contributed by atoms with E-state index < -0.39 is 60.8 Å². The lowest BCUT2D eigenvalue weighted by Gasteiger charge is -2.46. The smallest absolute Gasteiger partial charge is 0.303 e. The maximum absolute atomic E-state index is 13.0. The van der Waals surface area contributed by atoms with E-state index in [1.807, 2.05) is 49.7 Å². The topological polar surface area (TPSA) is 169 Å². The van der Waals surface area contributed by atoms with Crippen molar-refractivity contribution in [3.8, 4) is 0 Å². The molecule has 6 rings (SSSR count). The molecular weight excluding hydrogens is 881 g/mol. The molecule has 0 radical (unpaired) electrons. The van der Waals surface area contributed by atoms with E-state index in [9.17, 15) is 29.1 Å². The van der Waals surface area contributed by atoms with Gasteiger partial charge in [-0.05, 0) is 125 Å². The van der Waals surface area contributed by atoms with Gasteiger partial charge in [0.05, 0.1) is 11.6 Å². The third-order valence-electron chi connectivity index (χ3n) is 14.0. The molecule has 1 aliphatic carbocycles. The van der Waals surface area contributed by atoms with Crippen molar-refractivity contribution in [3.05, 3.63) is 77.0 Å². The molecule has 1 amide bonds. The molecule has 3 heterocycles. The molecule has 14 nitrogen and oxygen atoms in total. The molecule has 1 saturated carbocycles. The number of allylic oxidation sites excluding steroid dienone is 1. The molecule has 7 unspecified atom stereocenters. The number of hydrogen-bond donors (Lipinski definition) is 1. The van der Waals surface area contributed by atoms with Gasteiger partial charge in [0.2, 0.25) is 5.91 Å². The Morgan fingerprint density at radius 2 is 1.54 bits per heavy atom. The van der Waals surface area contributed by atoms with E-state index in [0.717, 1.165) is 90.7 Å². The number of aromatic nitrogens is 1. The van der Waals surface area contributed by atoms with Gasteiger partial charge >= 0.3 is 23.9 Å². The zero-order valence-corrected chi connectivity index (χ0v) is 42.0. The maximum atomic E-state index is 13.0. The number of unbranched alkanes of at least 4 members (excludes halogenated alkanes) is 3. The number of fused-ring (bicyclic) bond motifs is 1. The fraction of sp³-hybridized carbons (Fsp3) is 0.618. The van der Waals surface area contributed by atoms with Crippen LogP contribution in [0.2, 0.25) is 0 Å². The van der Waals surface area contributed by atoms with Crippen LogP contribution in [0.25, 0.3) is 17.0 Å². The van der Waals surface area contributed by atoms with E-state index >= 15 is 0 Å². The zero-order chi connectivity index (χ0) is 49.7. The number of ether oxygens (including phenoxy) is 6. The highest BCUT2D eigenvalue weighted by Crippen LogP contribution is 2.48. The Kier molecular flexibility index (Phi) is 19.5. The Bertz CT molecular complexity index is 2220. The van der Waals surface area contributed by atoms with Crippen LogP contribution in [0.4, 0.5) is 0 Å². The summed E-state index contributed by atoms with van der Waals surface area (Å²) < 4.78 is 36.3. The van der Waals surface area contributed by atoms with Crippen LogP contribution in [0.3, 0.4) is 0 Å². The molecule has 2 saturated heterocycles. The average Bonchev–Trinajstić information content (AvgIpc) is 3.65. The highest BCUT2D eigenvalue weighted by atomic mass is 16.7. The summed E-state index contributed by atoms with van der Waals surface area (Å²) >= 11 is 0. The Morgan fingerprint density at radius 1 is 0.841 bits per heavy atom. The van der Waals surface area contributed by atoms with Gasteiger partial charge in [-0.25, -0.2) is 0 Å². The summed E-state index contributed by atoms with van der Waals surface area (Å²) in [5, 5.41) is 10.9. The highest BCUT2D eigenvalue weighted by Gasteiger charge is 2.53. The summed E-state index contributed by atoms with van der Waals surface area (Å²) in [5.41, 5.74) is 5.43. The third kappa shape index (κ3) is 15.2. The van der Waals surface area contributed by atoms with Crippen LogP contribution in [0.1, 0.15) is 160 Å². The van der Waals surface area contributed by atoms with Crippen molar-refractivity contribution in [1.82, 2.24) is 9.47 Å². The average molecular weight is 957 g/mol. The number of esters is 4. The predicted molar refractivity (Wildman–Crippen MR) is 262 cm³/mol. The first-order valence-electron chi connectivity index (χ1n) is 25.3. The third-order valence-corrected chi connectivity index (χ3v) is 14.0. The summed E-state index contributed by atoms with van der Waals surface area (Å²) in [7, 11) is 0. The molecular formula is C55H76N2O12. The fourth-order valence-corrected chi connectivity index (χ4v) is 10.9. The Hall–Kier alpha value is -5.05. The van der Waals surface area contributed by atoms with Crippen molar-refractivity contribution < 1.29 is 57.5 Å². The number of nitrogens with zero attached hydrogens (tertiary/aromatic N) is 2. The Morgan fingerprint density at radius 3 is 2.22 bits per heavy atom. The molecule has 2 aliphatic heterocycles. The number of benzene rings is 2. The van der Waals surface area contributed by atoms with Crippen LogP contribution in [0.5, 0.6) is 0 Å². The first kappa shape index (κ1) is 53.3. The first-order valence-corrected chi connectivity index (χ1v) is 25.3. The Labute approximate surface area is 408 Å². The second-order valence-corrected chi connectivity index (χ2v) is 20.0. The number of rotatable bonds is 21. The summed E-state index contributed by atoms with van der Waals surface area (Å²) in [6, 6.07) is 14.4. The van der Waals surface area contributed by atoms with Gasteiger partial charge < -0.3 is 43.0 Å². The van der Waals surface area contributed by atoms with Crippen molar-refractivity contribution in [2.45, 2.75) is 188 Å². The van der Waals surface area contributed by atoms with Gasteiger partial charge in [0.1, 0.15) is 12.7 Å². The van der Waals surface area contributed by atoms with Crippen molar-refractivity contribution in [2.75, 3.05) is 19.7 Å². The lowest BCUT2D eigenvalue weighted by Crippen LogP contribution is -2.60. The van der Waals surface area contributed by atoms with Crippen LogP contribution < -0.4 is 0 Å². The van der Waals surface area contributed by atoms with Crippen LogP contribution in [0.15, 0.2) is 54.7 Å². The minimum Gasteiger partial charge on any atom is -0.463 e. The van der Waals surface area contributed by atoms with E-state index in [4.69, 9.17) is 28.4 Å². The lowest BCUT2D eigenvalue weighted by atomic mass is 9.64. The highest BCUT2D eigenvalue weighted by molar-refractivity contribution is 5.88. The van der Waals surface area contributed by atoms with Gasteiger partial charge in [-0.1, -0.05) is 74.2 Å². The normalized spacial score (nSPS) is 23.0. The molecule has 14 heteroatoms. The largest absolute Gasteiger partial charge is 0.463 e. The predicted octanol–water partition coefficient (Wildman–Crippen LogP) is 9.47. The SMILES string of the molecule is CC(=O)OCC1OC(n2cc(Cc3ccc(C=CCCCCC4CCCC5(CCN(C(=O)CCCCC(O)OC(C)C)CC5)C4)cc3)c3c(C)cccc32)C(OC(C)=O)C(OC(C)=O)C1OC(C)=O. The second-order valence-electron chi connectivity index (χ2n) is 20.0. The lowest BCUT2D eigenvalue weighted by molar-refractivity contribution is -0.267. The standard InChI is InChI=1S/C55H76N2O12/c1-36(2)65-49(63)22-13-12-21-48(62)56-30-28-55(29-31-56)27-15-19-44(33-55)18-11-9-8-10-17-42-23-25-43(26-24-42)32-45-34-57(46-20-14-16-37(3)50(45)46)54-53(68-41(7)61)52(67-40(6)60)51(66-39(5)59)47(69-54)35-64-38(4)58/h10,14,16-17,20,23-26,34,36,44,47,49,51-54,63H,8-9,11-13,15,18-19,21-22,27-33,35H2,1-7H3. The van der Waals surface area contributed by atoms with E-state index in [-0.39, 0.29) is 18.6 Å². The first-order chi connectivity index (χ1) is 33.0. The van der Waals surface area contributed by atoms with Crippen LogP contribution in [-0.4, -0.2) is 101 Å². The van der Waals surface area contributed by atoms with Crippen molar-refractivity contribution in [1.29, 1.82) is 0 Å². The molecule has 3 aliphatic rings. The van der Waals surface area contributed by atoms with Gasteiger partial charge in [0.25, 0.3) is 0 Å². The van der Waals surface area contributed by atoms with Crippen LogP contribution >= 0.6 is 0 Å². The van der Waals surface area contributed by atoms with Gasteiger partial charge in [-0.15, -0.1) is 0 Å². The molecule has 1 spiro atoms. The van der Waals surface area contributed by atoms with E-state index in [1.165, 1.54) is 66.2 Å². The summed E-state index contributed by atoms with van der Waals surface area (Å²) in [5.74, 6) is -1.58. The number of carbonyl (C=O) groups excluding carboxylic acids is 5. The number of piperidine rings is 1. The molecule has 69 heavy (non-hydrogen) atoms. The van der Waals surface area contributed by atoms with Gasteiger partial charge in [-0.2, -0.15) is 0 Å². The van der Waals surface area contributed by atoms with Crippen molar-refractivity contribution >= 4 is 46.8 Å². The number of hydrogen-bond acceptors (Lipinski definition) is 12. The van der Waals surface area contributed by atoms with E-state index in [0.29, 0.717) is 24.7 Å². The summed E-state index contributed by atoms with van der Waals surface area (Å²) in [6.07, 6.45) is 15.2. The Balaban J connectivity index is 1.02. The molecule has 378 valence electrons. The quantitative estimate of drug-likeness (QED) is 0.0465. The number of carbonyl (C=O) groups is 5. The number of aliphatic hydroxyl groups excluding tert-OH is 1. The van der Waals surface area contributed by atoms with Crippen LogP contribution in [0, 0.1) is 18.3 Å². The molecule has 7 atom stereocenters. The van der Waals surface area contributed by atoms with Gasteiger partial charge in [0.15, 0.2) is 30.8 Å². The maximum Gasteiger partial charge on any atom is 0.303 e. The number of aryl methyl sites for hydroxylation is 1. The minimum absolute atomic E-state index is 0.00424. The number of aliphatic hydroxyl groups is 1. The molecule has 2 aromatic carbocycles. The van der Waals surface area contributed by atoms with E-state index in [2.05, 4.69) is 41.3 Å². The van der Waals surface area contributed by atoms with Crippen molar-refractivity contribution in [3.63, 3.8) is 0 Å².